The van der Waals surface area contributed by atoms with E-state index in [0.29, 0.717) is 16.8 Å². The van der Waals surface area contributed by atoms with Gasteiger partial charge >= 0.3 is 0 Å². The first-order chi connectivity index (χ1) is 6.55. The van der Waals surface area contributed by atoms with E-state index < -0.39 is 8.32 Å². The molecule has 1 fully saturated rings. The largest absolute Gasteiger partial charge is 0.417 e. The summed E-state index contributed by atoms with van der Waals surface area (Å²) in [6.07, 6.45) is 2.42. The fourth-order valence-electron chi connectivity index (χ4n) is 2.95. The van der Waals surface area contributed by atoms with E-state index in [4.69, 9.17) is 9.16 Å². The summed E-state index contributed by atoms with van der Waals surface area (Å²) in [6.45, 7) is 10.1. The van der Waals surface area contributed by atoms with Gasteiger partial charge in [-0.05, 0) is 23.9 Å². The third-order valence-corrected chi connectivity index (χ3v) is 9.37. The quantitative estimate of drug-likeness (QED) is 0.672. The minimum absolute atomic E-state index is 0.424. The topological polar surface area (TPSA) is 18.5 Å². The normalized spacial score (nSPS) is 23.8. The third-order valence-electron chi connectivity index (χ3n) is 3.59. The fraction of sp³-hybridized carbons (Fsp3) is 1.00. The zero-order valence-corrected chi connectivity index (χ0v) is 11.2. The van der Waals surface area contributed by atoms with Crippen molar-refractivity contribution in [3.63, 3.8) is 0 Å². The summed E-state index contributed by atoms with van der Waals surface area (Å²) < 4.78 is 11.8. The van der Waals surface area contributed by atoms with Crippen molar-refractivity contribution in [2.45, 2.75) is 57.3 Å². The van der Waals surface area contributed by atoms with Gasteiger partial charge in [-0.25, -0.2) is 0 Å². The van der Waals surface area contributed by atoms with Gasteiger partial charge in [-0.15, -0.1) is 0 Å². The van der Waals surface area contributed by atoms with Gasteiger partial charge < -0.3 is 9.16 Å². The van der Waals surface area contributed by atoms with Crippen LogP contribution in [0.1, 0.15) is 40.5 Å². The van der Waals surface area contributed by atoms with Crippen LogP contribution in [-0.4, -0.2) is 27.8 Å². The molecule has 1 saturated heterocycles. The molecule has 0 aromatic rings. The minimum atomic E-state index is -1.71. The summed E-state index contributed by atoms with van der Waals surface area (Å²) in [7, 11) is 0.169. The van der Waals surface area contributed by atoms with Gasteiger partial charge in [0.2, 0.25) is 8.32 Å². The van der Waals surface area contributed by atoms with Gasteiger partial charge in [0.25, 0.3) is 0 Å². The number of rotatable bonds is 4. The monoisotopic (exact) mass is 216 g/mol. The number of hydrogen-bond acceptors (Lipinski definition) is 2. The first kappa shape index (κ1) is 12.2. The van der Waals surface area contributed by atoms with E-state index >= 15 is 0 Å². The summed E-state index contributed by atoms with van der Waals surface area (Å²) in [5.74, 6) is 0. The molecule has 1 rings (SSSR count). The maximum absolute atomic E-state index is 5.96. The lowest BCUT2D eigenvalue weighted by Crippen LogP contribution is -2.54. The summed E-state index contributed by atoms with van der Waals surface area (Å²) in [5.41, 5.74) is 1.69. The lowest BCUT2D eigenvalue weighted by atomic mass is 10.4. The maximum atomic E-state index is 5.96. The molecule has 1 aliphatic rings. The Balaban J connectivity index is 2.87. The highest BCUT2D eigenvalue weighted by Crippen LogP contribution is 2.40. The zero-order valence-electron chi connectivity index (χ0n) is 10.2. The molecule has 0 aromatic heterocycles. The molecule has 0 spiro atoms. The second-order valence-electron chi connectivity index (χ2n) is 4.87. The van der Waals surface area contributed by atoms with Gasteiger partial charge in [-0.2, -0.15) is 0 Å². The Bertz CT molecular complexity index is 166. The van der Waals surface area contributed by atoms with Crippen LogP contribution in [0.25, 0.3) is 0 Å². The zero-order chi connectivity index (χ0) is 10.8. The second-order valence-corrected chi connectivity index (χ2v) is 9.94. The molecule has 0 aromatic carbocycles. The van der Waals surface area contributed by atoms with Crippen molar-refractivity contribution in [2.24, 2.45) is 0 Å². The highest BCUT2D eigenvalue weighted by molar-refractivity contribution is 6.77. The van der Waals surface area contributed by atoms with Crippen LogP contribution in [-0.2, 0) is 9.16 Å². The Labute approximate surface area is 89.1 Å². The smallest absolute Gasteiger partial charge is 0.225 e. The summed E-state index contributed by atoms with van der Waals surface area (Å²) in [6, 6.07) is 0. The average Bonchev–Trinajstić information content (AvgIpc) is 2.58. The maximum Gasteiger partial charge on any atom is 0.225 e. The van der Waals surface area contributed by atoms with Crippen LogP contribution >= 0.6 is 0 Å². The molecule has 0 radical (unpaired) electrons. The van der Waals surface area contributed by atoms with E-state index in [-0.39, 0.29) is 0 Å². The van der Waals surface area contributed by atoms with Gasteiger partial charge in [0.05, 0.1) is 5.73 Å². The van der Waals surface area contributed by atoms with Gasteiger partial charge in [-0.3, -0.25) is 0 Å². The first-order valence-electron chi connectivity index (χ1n) is 5.72. The van der Waals surface area contributed by atoms with E-state index in [2.05, 4.69) is 27.7 Å². The molecule has 0 aliphatic carbocycles. The van der Waals surface area contributed by atoms with Crippen molar-refractivity contribution >= 4 is 8.32 Å². The Kier molecular flexibility index (Phi) is 4.16. The predicted molar refractivity (Wildman–Crippen MR) is 61.9 cm³/mol. The molecule has 84 valence electrons. The molecule has 0 N–H and O–H groups in total. The molecule has 2 nitrogen and oxygen atoms in total. The molecule has 14 heavy (non-hydrogen) atoms. The van der Waals surface area contributed by atoms with Crippen molar-refractivity contribution in [3.05, 3.63) is 0 Å². The van der Waals surface area contributed by atoms with Crippen molar-refractivity contribution in [1.29, 1.82) is 0 Å². The van der Waals surface area contributed by atoms with Crippen molar-refractivity contribution in [2.75, 3.05) is 13.7 Å². The SMILES string of the molecule is CO[Si](C(C)C)(C(C)C)C1CCCO1. The predicted octanol–water partition coefficient (Wildman–Crippen LogP) is 3.12. The molecule has 1 aliphatic heterocycles. The first-order valence-corrected chi connectivity index (χ1v) is 7.86. The van der Waals surface area contributed by atoms with Crippen molar-refractivity contribution in [3.8, 4) is 0 Å². The van der Waals surface area contributed by atoms with Gasteiger partial charge in [0.15, 0.2) is 0 Å². The Morgan fingerprint density at radius 3 is 2.07 bits per heavy atom. The lowest BCUT2D eigenvalue weighted by molar-refractivity contribution is 0.135. The van der Waals surface area contributed by atoms with Gasteiger partial charge in [-0.1, -0.05) is 27.7 Å². The van der Waals surface area contributed by atoms with Crippen molar-refractivity contribution in [1.82, 2.24) is 0 Å². The van der Waals surface area contributed by atoms with Crippen LogP contribution in [0.5, 0.6) is 0 Å². The molecule has 1 atom stereocenters. The molecular weight excluding hydrogens is 192 g/mol. The Hall–Kier alpha value is 0.137. The van der Waals surface area contributed by atoms with E-state index in [1.807, 2.05) is 7.11 Å². The average molecular weight is 216 g/mol. The van der Waals surface area contributed by atoms with Crippen LogP contribution in [0.15, 0.2) is 0 Å². The molecular formula is C11H24O2Si. The van der Waals surface area contributed by atoms with Gasteiger partial charge in [0.1, 0.15) is 0 Å². The van der Waals surface area contributed by atoms with Gasteiger partial charge in [0, 0.05) is 13.7 Å². The third kappa shape index (κ3) is 1.90. The van der Waals surface area contributed by atoms with E-state index in [1.54, 1.807) is 0 Å². The second kappa shape index (κ2) is 4.77. The Morgan fingerprint density at radius 2 is 1.79 bits per heavy atom. The highest BCUT2D eigenvalue weighted by atomic mass is 28.4. The van der Waals surface area contributed by atoms with Crippen LogP contribution in [0.3, 0.4) is 0 Å². The fourth-order valence-corrected chi connectivity index (χ4v) is 8.01. The molecule has 0 bridgehead atoms. The molecule has 3 heteroatoms. The summed E-state index contributed by atoms with van der Waals surface area (Å²) >= 11 is 0. The molecule has 1 unspecified atom stereocenters. The number of ether oxygens (including phenoxy) is 1. The highest BCUT2D eigenvalue weighted by Gasteiger charge is 2.50. The van der Waals surface area contributed by atoms with Crippen LogP contribution in [0, 0.1) is 0 Å². The molecule has 0 amide bonds. The molecule has 0 saturated carbocycles. The summed E-state index contributed by atoms with van der Waals surface area (Å²) in [4.78, 5) is 0. The lowest BCUT2D eigenvalue weighted by Gasteiger charge is -2.41. The Morgan fingerprint density at radius 1 is 1.21 bits per heavy atom. The van der Waals surface area contributed by atoms with Crippen LogP contribution in [0.4, 0.5) is 0 Å². The van der Waals surface area contributed by atoms with E-state index in [9.17, 15) is 0 Å². The van der Waals surface area contributed by atoms with E-state index in [1.165, 1.54) is 12.8 Å². The number of hydrogen-bond donors (Lipinski definition) is 0. The van der Waals surface area contributed by atoms with E-state index in [0.717, 1.165) is 6.61 Å². The standard InChI is InChI=1S/C11H24O2Si/c1-9(2)14(12-5,10(3)4)11-7-6-8-13-11/h9-11H,6-8H2,1-5H3. The minimum Gasteiger partial charge on any atom is -0.417 e. The summed E-state index contributed by atoms with van der Waals surface area (Å²) in [5, 5.41) is 0. The molecule has 1 heterocycles. The van der Waals surface area contributed by atoms with Crippen molar-refractivity contribution < 1.29 is 9.16 Å². The van der Waals surface area contributed by atoms with Crippen LogP contribution in [0.2, 0.25) is 11.1 Å². The van der Waals surface area contributed by atoms with Crippen LogP contribution < -0.4 is 0 Å².